The van der Waals surface area contributed by atoms with E-state index in [2.05, 4.69) is 0 Å². The second-order valence-corrected chi connectivity index (χ2v) is 3.82. The van der Waals surface area contributed by atoms with Gasteiger partial charge in [0.15, 0.2) is 0 Å². The van der Waals surface area contributed by atoms with Gasteiger partial charge >= 0.3 is 0 Å². The SMILES string of the molecule is NC(=O)c1ccccc1C(O)C(O)CCCl. The number of carbonyl (C=O) groups excluding carboxylic acids is 1. The molecule has 2 unspecified atom stereocenters. The minimum atomic E-state index is -1.15. The van der Waals surface area contributed by atoms with Crippen LogP contribution in [0.3, 0.4) is 0 Å². The van der Waals surface area contributed by atoms with Gasteiger partial charge in [-0.15, -0.1) is 11.6 Å². The van der Waals surface area contributed by atoms with Crippen LogP contribution in [0.4, 0.5) is 0 Å². The molecule has 1 aromatic carbocycles. The molecule has 0 fully saturated rings. The first kappa shape index (κ1) is 13.0. The number of alkyl halides is 1. The summed E-state index contributed by atoms with van der Waals surface area (Å²) in [5.74, 6) is -0.399. The molecule has 4 nitrogen and oxygen atoms in total. The zero-order chi connectivity index (χ0) is 12.1. The summed E-state index contributed by atoms with van der Waals surface area (Å²) in [5, 5.41) is 19.4. The molecule has 0 spiro atoms. The van der Waals surface area contributed by atoms with Crippen molar-refractivity contribution in [3.63, 3.8) is 0 Å². The van der Waals surface area contributed by atoms with Crippen molar-refractivity contribution in [3.05, 3.63) is 35.4 Å². The highest BCUT2D eigenvalue weighted by molar-refractivity contribution is 6.17. The Kier molecular flexibility index (Phi) is 4.73. The van der Waals surface area contributed by atoms with Gasteiger partial charge in [-0.1, -0.05) is 18.2 Å². The fourth-order valence-electron chi connectivity index (χ4n) is 1.46. The number of amides is 1. The van der Waals surface area contributed by atoms with Gasteiger partial charge in [-0.2, -0.15) is 0 Å². The molecular formula is C11H14ClNO3. The first-order valence-electron chi connectivity index (χ1n) is 4.88. The third kappa shape index (κ3) is 2.95. The Bertz CT molecular complexity index is 370. The molecule has 0 bridgehead atoms. The van der Waals surface area contributed by atoms with Gasteiger partial charge < -0.3 is 15.9 Å². The summed E-state index contributed by atoms with van der Waals surface area (Å²) in [5.41, 5.74) is 5.71. The normalized spacial score (nSPS) is 14.4. The zero-order valence-corrected chi connectivity index (χ0v) is 9.39. The number of rotatable bonds is 5. The van der Waals surface area contributed by atoms with E-state index in [1.165, 1.54) is 6.07 Å². The molecular weight excluding hydrogens is 230 g/mol. The van der Waals surface area contributed by atoms with E-state index in [9.17, 15) is 15.0 Å². The molecule has 1 aromatic rings. The summed E-state index contributed by atoms with van der Waals surface area (Å²) in [6.45, 7) is 0. The van der Waals surface area contributed by atoms with Gasteiger partial charge in [0.1, 0.15) is 6.10 Å². The molecule has 0 saturated heterocycles. The topological polar surface area (TPSA) is 83.6 Å². The standard InChI is InChI=1S/C11H14ClNO3/c12-6-5-9(14)10(15)7-3-1-2-4-8(7)11(13)16/h1-4,9-10,14-15H,5-6H2,(H2,13,16). The van der Waals surface area contributed by atoms with Crippen molar-refractivity contribution in [2.45, 2.75) is 18.6 Å². The number of aliphatic hydroxyl groups is 2. The van der Waals surface area contributed by atoms with Crippen LogP contribution in [0.2, 0.25) is 0 Å². The van der Waals surface area contributed by atoms with Crippen LogP contribution in [0.15, 0.2) is 24.3 Å². The van der Waals surface area contributed by atoms with Crippen LogP contribution < -0.4 is 5.73 Å². The van der Waals surface area contributed by atoms with Crippen molar-refractivity contribution in [2.75, 3.05) is 5.88 Å². The minimum Gasteiger partial charge on any atom is -0.390 e. The third-order valence-corrected chi connectivity index (χ3v) is 2.53. The Labute approximate surface area is 98.6 Å². The summed E-state index contributed by atoms with van der Waals surface area (Å²) in [6.07, 6.45) is -1.91. The lowest BCUT2D eigenvalue weighted by Gasteiger charge is -2.19. The molecule has 16 heavy (non-hydrogen) atoms. The molecule has 5 heteroatoms. The number of primary amides is 1. The smallest absolute Gasteiger partial charge is 0.249 e. The largest absolute Gasteiger partial charge is 0.390 e. The molecule has 1 rings (SSSR count). The van der Waals surface area contributed by atoms with E-state index in [1.54, 1.807) is 18.2 Å². The van der Waals surface area contributed by atoms with Gasteiger partial charge in [-0.3, -0.25) is 4.79 Å². The van der Waals surface area contributed by atoms with Crippen molar-refractivity contribution in [1.29, 1.82) is 0 Å². The average molecular weight is 244 g/mol. The quantitative estimate of drug-likeness (QED) is 0.669. The Hall–Kier alpha value is -1.10. The van der Waals surface area contributed by atoms with Crippen LogP contribution in [-0.4, -0.2) is 28.1 Å². The molecule has 2 atom stereocenters. The van der Waals surface area contributed by atoms with Crippen molar-refractivity contribution < 1.29 is 15.0 Å². The number of hydrogen-bond donors (Lipinski definition) is 3. The predicted octanol–water partition coefficient (Wildman–Crippen LogP) is 0.809. The lowest BCUT2D eigenvalue weighted by molar-refractivity contribution is 0.0165. The fourth-order valence-corrected chi connectivity index (χ4v) is 1.68. The Morgan fingerprint density at radius 3 is 2.56 bits per heavy atom. The maximum absolute atomic E-state index is 11.1. The van der Waals surface area contributed by atoms with E-state index in [0.717, 1.165) is 0 Å². The molecule has 0 aromatic heterocycles. The molecule has 1 amide bonds. The highest BCUT2D eigenvalue weighted by atomic mass is 35.5. The van der Waals surface area contributed by atoms with Gasteiger partial charge in [-0.25, -0.2) is 0 Å². The monoisotopic (exact) mass is 243 g/mol. The molecule has 4 N–H and O–H groups in total. The van der Waals surface area contributed by atoms with Gasteiger partial charge in [0, 0.05) is 11.4 Å². The number of benzene rings is 1. The van der Waals surface area contributed by atoms with Crippen molar-refractivity contribution in [3.8, 4) is 0 Å². The number of halogens is 1. The number of aliphatic hydroxyl groups excluding tert-OH is 2. The summed E-state index contributed by atoms with van der Waals surface area (Å²) in [4.78, 5) is 11.1. The van der Waals surface area contributed by atoms with Crippen molar-refractivity contribution >= 4 is 17.5 Å². The van der Waals surface area contributed by atoms with E-state index in [1.807, 2.05) is 0 Å². The maximum Gasteiger partial charge on any atom is 0.249 e. The molecule has 0 aliphatic rings. The maximum atomic E-state index is 11.1. The summed E-state index contributed by atoms with van der Waals surface area (Å²) >= 11 is 5.47. The fraction of sp³-hybridized carbons (Fsp3) is 0.364. The lowest BCUT2D eigenvalue weighted by Crippen LogP contribution is -2.23. The van der Waals surface area contributed by atoms with Crippen LogP contribution in [-0.2, 0) is 0 Å². The molecule has 0 aliphatic carbocycles. The van der Waals surface area contributed by atoms with Gasteiger partial charge in [0.05, 0.1) is 6.10 Å². The van der Waals surface area contributed by atoms with Crippen LogP contribution in [0, 0.1) is 0 Å². The van der Waals surface area contributed by atoms with Gasteiger partial charge in [-0.05, 0) is 18.1 Å². The predicted molar refractivity (Wildman–Crippen MR) is 61.3 cm³/mol. The zero-order valence-electron chi connectivity index (χ0n) is 8.64. The first-order valence-corrected chi connectivity index (χ1v) is 5.42. The highest BCUT2D eigenvalue weighted by Crippen LogP contribution is 2.22. The van der Waals surface area contributed by atoms with Crippen LogP contribution in [0.5, 0.6) is 0 Å². The van der Waals surface area contributed by atoms with E-state index in [4.69, 9.17) is 17.3 Å². The summed E-state index contributed by atoms with van der Waals surface area (Å²) in [7, 11) is 0. The number of carbonyl (C=O) groups is 1. The van der Waals surface area contributed by atoms with Crippen molar-refractivity contribution in [2.24, 2.45) is 5.73 Å². The molecule has 0 saturated carbocycles. The van der Waals surface area contributed by atoms with Crippen LogP contribution in [0.1, 0.15) is 28.4 Å². The lowest BCUT2D eigenvalue weighted by atomic mass is 9.97. The van der Waals surface area contributed by atoms with Gasteiger partial charge in [0.25, 0.3) is 0 Å². The molecule has 0 radical (unpaired) electrons. The number of hydrogen-bond acceptors (Lipinski definition) is 3. The molecule has 0 heterocycles. The van der Waals surface area contributed by atoms with Crippen molar-refractivity contribution in [1.82, 2.24) is 0 Å². The second-order valence-electron chi connectivity index (χ2n) is 3.44. The summed E-state index contributed by atoms with van der Waals surface area (Å²) < 4.78 is 0. The minimum absolute atomic E-state index is 0.212. The second kappa shape index (κ2) is 5.84. The third-order valence-electron chi connectivity index (χ3n) is 2.31. The molecule has 88 valence electrons. The van der Waals surface area contributed by atoms with Crippen LogP contribution >= 0.6 is 11.6 Å². The van der Waals surface area contributed by atoms with E-state index >= 15 is 0 Å². The number of nitrogens with two attached hydrogens (primary N) is 1. The Morgan fingerprint density at radius 2 is 2.00 bits per heavy atom. The van der Waals surface area contributed by atoms with E-state index < -0.39 is 18.1 Å². The Morgan fingerprint density at radius 1 is 1.38 bits per heavy atom. The first-order chi connectivity index (χ1) is 7.57. The average Bonchev–Trinajstić information content (AvgIpc) is 2.28. The van der Waals surface area contributed by atoms with Gasteiger partial charge in [0.2, 0.25) is 5.91 Å². The molecule has 0 aliphatic heterocycles. The van der Waals surface area contributed by atoms with E-state index in [0.29, 0.717) is 5.56 Å². The van der Waals surface area contributed by atoms with Crippen LogP contribution in [0.25, 0.3) is 0 Å². The Balaban J connectivity index is 2.98. The van der Waals surface area contributed by atoms with E-state index in [-0.39, 0.29) is 17.9 Å². The highest BCUT2D eigenvalue weighted by Gasteiger charge is 2.21. The summed E-state index contributed by atoms with van der Waals surface area (Å²) in [6, 6.07) is 6.37.